The van der Waals surface area contributed by atoms with Crippen LogP contribution in [0.15, 0.2) is 42.5 Å². The van der Waals surface area contributed by atoms with E-state index in [0.717, 1.165) is 0 Å². The molecule has 2 N–H and O–H groups in total. The van der Waals surface area contributed by atoms with Crippen molar-refractivity contribution in [1.82, 2.24) is 5.32 Å². The van der Waals surface area contributed by atoms with Crippen LogP contribution >= 0.6 is 0 Å². The van der Waals surface area contributed by atoms with Crippen LogP contribution in [0.25, 0.3) is 0 Å². The van der Waals surface area contributed by atoms with Gasteiger partial charge in [0.25, 0.3) is 5.91 Å². The Labute approximate surface area is 186 Å². The highest BCUT2D eigenvalue weighted by Gasteiger charge is 2.15. The predicted molar refractivity (Wildman–Crippen MR) is 117 cm³/mol. The minimum absolute atomic E-state index is 0.103. The second-order valence-electron chi connectivity index (χ2n) is 6.62. The number of nitrogens with one attached hydrogen (secondary N) is 2. The minimum Gasteiger partial charge on any atom is -0.493 e. The molecule has 0 saturated carbocycles. The Morgan fingerprint density at radius 2 is 1.53 bits per heavy atom. The van der Waals surface area contributed by atoms with E-state index in [9.17, 15) is 19.2 Å². The number of hydrogen-bond acceptors (Lipinski definition) is 7. The van der Waals surface area contributed by atoms with Gasteiger partial charge in [-0.1, -0.05) is 12.1 Å². The number of methoxy groups -OCH3 is 2. The summed E-state index contributed by atoms with van der Waals surface area (Å²) < 4.78 is 14.8. The fraction of sp³-hybridized carbons (Fsp3) is 0.304. The second-order valence-corrected chi connectivity index (χ2v) is 6.62. The first-order valence-electron chi connectivity index (χ1n) is 10.0. The van der Waals surface area contributed by atoms with Gasteiger partial charge in [0.15, 0.2) is 0 Å². The van der Waals surface area contributed by atoms with E-state index in [1.165, 1.54) is 32.4 Å². The molecule has 0 aromatic heterocycles. The van der Waals surface area contributed by atoms with Crippen LogP contribution in [0, 0.1) is 0 Å². The average Bonchev–Trinajstić information content (AvgIpc) is 2.80. The van der Waals surface area contributed by atoms with Crippen molar-refractivity contribution in [3.63, 3.8) is 0 Å². The quantitative estimate of drug-likeness (QED) is 0.429. The number of benzene rings is 2. The highest BCUT2D eigenvalue weighted by atomic mass is 16.5. The van der Waals surface area contributed by atoms with Crippen molar-refractivity contribution in [2.75, 3.05) is 32.7 Å². The number of carbonyl (C=O) groups excluding carboxylic acids is 4. The fourth-order valence-corrected chi connectivity index (χ4v) is 2.88. The van der Waals surface area contributed by atoms with Gasteiger partial charge in [-0.2, -0.15) is 0 Å². The monoisotopic (exact) mass is 442 g/mol. The summed E-state index contributed by atoms with van der Waals surface area (Å²) in [5.74, 6) is -1.44. The van der Waals surface area contributed by atoms with E-state index in [4.69, 9.17) is 4.74 Å². The lowest BCUT2D eigenvalue weighted by molar-refractivity contribution is -0.116. The zero-order valence-corrected chi connectivity index (χ0v) is 18.2. The van der Waals surface area contributed by atoms with Crippen LogP contribution in [0.4, 0.5) is 5.69 Å². The first kappa shape index (κ1) is 24.4. The predicted octanol–water partition coefficient (Wildman–Crippen LogP) is 2.81. The number of para-hydroxylation sites is 1. The summed E-state index contributed by atoms with van der Waals surface area (Å²) >= 11 is 0. The van der Waals surface area contributed by atoms with E-state index >= 15 is 0 Å². The van der Waals surface area contributed by atoms with Crippen molar-refractivity contribution in [1.29, 1.82) is 0 Å². The van der Waals surface area contributed by atoms with Crippen LogP contribution < -0.4 is 15.4 Å². The first-order chi connectivity index (χ1) is 15.4. The smallest absolute Gasteiger partial charge is 0.337 e. The lowest BCUT2D eigenvalue weighted by Gasteiger charge is -2.11. The van der Waals surface area contributed by atoms with Gasteiger partial charge in [-0.05, 0) is 43.7 Å². The Bertz CT molecular complexity index is 954. The van der Waals surface area contributed by atoms with E-state index in [1.807, 2.05) is 6.92 Å². The molecular formula is C23H26N2O7. The van der Waals surface area contributed by atoms with Gasteiger partial charge in [0, 0.05) is 18.7 Å². The number of hydrogen-bond donors (Lipinski definition) is 2. The zero-order chi connectivity index (χ0) is 23.5. The second kappa shape index (κ2) is 12.1. The van der Waals surface area contributed by atoms with Crippen LogP contribution in [-0.2, 0) is 14.3 Å². The normalized spacial score (nSPS) is 10.1. The Morgan fingerprint density at radius 1 is 0.906 bits per heavy atom. The van der Waals surface area contributed by atoms with Crippen LogP contribution in [0.1, 0.15) is 50.8 Å². The summed E-state index contributed by atoms with van der Waals surface area (Å²) in [6.07, 6.45) is 0.498. The third-order valence-corrected chi connectivity index (χ3v) is 4.36. The maximum atomic E-state index is 12.4. The van der Waals surface area contributed by atoms with Crippen molar-refractivity contribution in [3.05, 3.63) is 59.2 Å². The third-order valence-electron chi connectivity index (χ3n) is 4.36. The SMILES string of the molecule is CCOc1ccccc1C(=O)NCCCC(=O)Nc1cc(C(=O)OC)cc(C(=O)OC)c1. The van der Waals surface area contributed by atoms with Gasteiger partial charge in [-0.3, -0.25) is 9.59 Å². The molecule has 0 unspecified atom stereocenters. The Kier molecular flexibility index (Phi) is 9.22. The van der Waals surface area contributed by atoms with Gasteiger partial charge in [0.1, 0.15) is 5.75 Å². The van der Waals surface area contributed by atoms with E-state index in [-0.39, 0.29) is 41.6 Å². The molecule has 0 atom stereocenters. The summed E-state index contributed by atoms with van der Waals surface area (Å²) in [4.78, 5) is 48.3. The molecule has 0 aliphatic rings. The molecule has 170 valence electrons. The zero-order valence-electron chi connectivity index (χ0n) is 18.2. The van der Waals surface area contributed by atoms with E-state index in [2.05, 4.69) is 20.1 Å². The number of esters is 2. The lowest BCUT2D eigenvalue weighted by Crippen LogP contribution is -2.26. The maximum Gasteiger partial charge on any atom is 0.337 e. The van der Waals surface area contributed by atoms with Gasteiger partial charge in [-0.15, -0.1) is 0 Å². The Balaban J connectivity index is 1.92. The number of carbonyl (C=O) groups is 4. The Morgan fingerprint density at radius 3 is 2.12 bits per heavy atom. The summed E-state index contributed by atoms with van der Waals surface area (Å²) in [5, 5.41) is 5.40. The van der Waals surface area contributed by atoms with Crippen molar-refractivity contribution in [2.24, 2.45) is 0 Å². The van der Waals surface area contributed by atoms with Gasteiger partial charge in [0.05, 0.1) is 37.5 Å². The number of ether oxygens (including phenoxy) is 3. The first-order valence-corrected chi connectivity index (χ1v) is 10.0. The van der Waals surface area contributed by atoms with Crippen LogP contribution in [0.5, 0.6) is 5.75 Å². The van der Waals surface area contributed by atoms with Crippen LogP contribution in [-0.4, -0.2) is 51.1 Å². The van der Waals surface area contributed by atoms with E-state index in [1.54, 1.807) is 24.3 Å². The molecule has 9 nitrogen and oxygen atoms in total. The molecule has 0 heterocycles. The number of amides is 2. The fourth-order valence-electron chi connectivity index (χ4n) is 2.88. The molecule has 0 aliphatic carbocycles. The topological polar surface area (TPSA) is 120 Å². The molecule has 0 spiro atoms. The molecule has 0 bridgehead atoms. The van der Waals surface area contributed by atoms with Crippen molar-refractivity contribution in [3.8, 4) is 5.75 Å². The van der Waals surface area contributed by atoms with Crippen LogP contribution in [0.3, 0.4) is 0 Å². The molecule has 2 amide bonds. The molecule has 0 saturated heterocycles. The summed E-state index contributed by atoms with van der Waals surface area (Å²) in [7, 11) is 2.43. The maximum absolute atomic E-state index is 12.4. The van der Waals surface area contributed by atoms with Gasteiger partial charge < -0.3 is 24.8 Å². The molecule has 2 rings (SSSR count). The van der Waals surface area contributed by atoms with Crippen molar-refractivity contribution < 1.29 is 33.4 Å². The van der Waals surface area contributed by atoms with Crippen LogP contribution in [0.2, 0.25) is 0 Å². The lowest BCUT2D eigenvalue weighted by atomic mass is 10.1. The molecule has 2 aromatic carbocycles. The van der Waals surface area contributed by atoms with Crippen molar-refractivity contribution >= 4 is 29.4 Å². The molecule has 9 heteroatoms. The molecule has 32 heavy (non-hydrogen) atoms. The summed E-state index contributed by atoms with van der Waals surface area (Å²) in [6, 6.07) is 11.0. The van der Waals surface area contributed by atoms with E-state index in [0.29, 0.717) is 24.3 Å². The summed E-state index contributed by atoms with van der Waals surface area (Å²) in [5.41, 5.74) is 0.888. The molecule has 2 aromatic rings. The molecule has 0 fully saturated rings. The van der Waals surface area contributed by atoms with Crippen molar-refractivity contribution in [2.45, 2.75) is 19.8 Å². The highest BCUT2D eigenvalue weighted by Crippen LogP contribution is 2.19. The molecular weight excluding hydrogens is 416 g/mol. The number of anilines is 1. The van der Waals surface area contributed by atoms with E-state index < -0.39 is 11.9 Å². The summed E-state index contributed by atoms with van der Waals surface area (Å²) in [6.45, 7) is 2.56. The average molecular weight is 442 g/mol. The Hall–Kier alpha value is -3.88. The molecule has 0 radical (unpaired) electrons. The van der Waals surface area contributed by atoms with Gasteiger partial charge in [-0.25, -0.2) is 9.59 Å². The number of rotatable bonds is 10. The minimum atomic E-state index is -0.652. The standard InChI is InChI=1S/C23H26N2O7/c1-4-32-19-9-6-5-8-18(19)21(27)24-11-7-10-20(26)25-17-13-15(22(28)30-2)12-16(14-17)23(29)31-3/h5-6,8-9,12-14H,4,7,10-11H2,1-3H3,(H,24,27)(H,25,26). The highest BCUT2D eigenvalue weighted by molar-refractivity contribution is 5.99. The molecule has 0 aliphatic heterocycles. The third kappa shape index (κ3) is 6.83. The van der Waals surface area contributed by atoms with Gasteiger partial charge in [0.2, 0.25) is 5.91 Å². The largest absolute Gasteiger partial charge is 0.493 e. The van der Waals surface area contributed by atoms with Gasteiger partial charge >= 0.3 is 11.9 Å².